The lowest BCUT2D eigenvalue weighted by atomic mass is 9.79. The van der Waals surface area contributed by atoms with Crippen LogP contribution in [-0.2, 0) is 24.5 Å². The minimum Gasteiger partial charge on any atom is -0.452 e. The highest BCUT2D eigenvalue weighted by Gasteiger charge is 2.45. The number of carbonyl (C=O) groups is 4. The van der Waals surface area contributed by atoms with E-state index in [9.17, 15) is 23.6 Å². The summed E-state index contributed by atoms with van der Waals surface area (Å²) in [5.74, 6) is -1.54. The van der Waals surface area contributed by atoms with E-state index in [1.54, 1.807) is 12.1 Å². The molecule has 3 rings (SSSR count). The summed E-state index contributed by atoms with van der Waals surface area (Å²) in [6.45, 7) is 1.64. The summed E-state index contributed by atoms with van der Waals surface area (Å²) in [6, 6.07) is 5.82. The van der Waals surface area contributed by atoms with Crippen LogP contribution in [0.4, 0.5) is 9.18 Å². The molecule has 156 valence electrons. The van der Waals surface area contributed by atoms with Crippen molar-refractivity contribution < 1.29 is 28.3 Å². The van der Waals surface area contributed by atoms with E-state index in [0.29, 0.717) is 18.4 Å². The first-order valence-corrected chi connectivity index (χ1v) is 10.5. The third kappa shape index (κ3) is 4.60. The Morgan fingerprint density at radius 2 is 1.90 bits per heavy atom. The molecule has 0 bridgehead atoms. The lowest BCUT2D eigenvalue weighted by Gasteiger charge is -2.28. The third-order valence-corrected chi connectivity index (χ3v) is 6.23. The quantitative estimate of drug-likeness (QED) is 0.679. The Bertz CT molecular complexity index is 792. The van der Waals surface area contributed by atoms with Crippen LogP contribution in [0.1, 0.15) is 38.2 Å². The smallest absolute Gasteiger partial charge is 0.317 e. The van der Waals surface area contributed by atoms with Crippen LogP contribution in [0, 0.1) is 5.82 Å². The maximum Gasteiger partial charge on any atom is 0.317 e. The first-order valence-electron chi connectivity index (χ1n) is 9.55. The van der Waals surface area contributed by atoms with Crippen LogP contribution in [-0.4, -0.2) is 52.9 Å². The molecule has 1 aromatic rings. The molecule has 9 heteroatoms. The number of nitrogens with one attached hydrogen (secondary N) is 1. The SMILES string of the molecule is C[C@H](OC(=O)C1(c2ccc(F)cc2)CCCC1)C(=O)NCCN1C(=O)CSC1=O. The number of amides is 3. The second-order valence-corrected chi connectivity index (χ2v) is 8.16. The normalized spacial score (nSPS) is 19.3. The predicted molar refractivity (Wildman–Crippen MR) is 105 cm³/mol. The summed E-state index contributed by atoms with van der Waals surface area (Å²) in [6.07, 6.45) is 1.84. The number of carbonyl (C=O) groups excluding carboxylic acids is 4. The van der Waals surface area contributed by atoms with Crippen molar-refractivity contribution in [1.29, 1.82) is 0 Å². The van der Waals surface area contributed by atoms with Crippen LogP contribution in [0.5, 0.6) is 0 Å². The molecule has 29 heavy (non-hydrogen) atoms. The van der Waals surface area contributed by atoms with E-state index in [-0.39, 0.29) is 35.8 Å². The Hall–Kier alpha value is -2.42. The topological polar surface area (TPSA) is 92.8 Å². The highest BCUT2D eigenvalue weighted by atomic mass is 32.2. The summed E-state index contributed by atoms with van der Waals surface area (Å²) in [7, 11) is 0. The van der Waals surface area contributed by atoms with Gasteiger partial charge in [-0.15, -0.1) is 0 Å². The monoisotopic (exact) mass is 422 g/mol. The largest absolute Gasteiger partial charge is 0.452 e. The van der Waals surface area contributed by atoms with Gasteiger partial charge < -0.3 is 10.1 Å². The Balaban J connectivity index is 1.56. The average molecular weight is 422 g/mol. The second kappa shape index (κ2) is 8.94. The molecule has 3 amide bonds. The van der Waals surface area contributed by atoms with Crippen LogP contribution >= 0.6 is 11.8 Å². The lowest BCUT2D eigenvalue weighted by Crippen LogP contribution is -2.44. The Kier molecular flexibility index (Phi) is 6.56. The van der Waals surface area contributed by atoms with Crippen LogP contribution in [0.15, 0.2) is 24.3 Å². The van der Waals surface area contributed by atoms with Crippen molar-refractivity contribution in [3.63, 3.8) is 0 Å². The Labute approximate surface area is 172 Å². The molecule has 0 radical (unpaired) electrons. The molecule has 0 unspecified atom stereocenters. The maximum absolute atomic E-state index is 13.3. The Morgan fingerprint density at radius 3 is 2.48 bits per heavy atom. The summed E-state index contributed by atoms with van der Waals surface area (Å²) in [5, 5.41) is 2.26. The number of nitrogens with zero attached hydrogens (tertiary/aromatic N) is 1. The zero-order chi connectivity index (χ0) is 21.0. The fourth-order valence-corrected chi connectivity index (χ4v) is 4.47. The number of benzene rings is 1. The molecule has 7 nitrogen and oxygen atoms in total. The van der Waals surface area contributed by atoms with Gasteiger partial charge in [0, 0.05) is 13.1 Å². The minimum atomic E-state index is -1.03. The van der Waals surface area contributed by atoms with Crippen molar-refractivity contribution in [1.82, 2.24) is 10.2 Å². The predicted octanol–water partition coefficient (Wildman–Crippen LogP) is 2.38. The lowest BCUT2D eigenvalue weighted by molar-refractivity contribution is -0.160. The third-order valence-electron chi connectivity index (χ3n) is 5.37. The van der Waals surface area contributed by atoms with Crippen molar-refractivity contribution in [3.05, 3.63) is 35.6 Å². The summed E-state index contributed by atoms with van der Waals surface area (Å²) in [5.41, 5.74) is -0.175. The second-order valence-electron chi connectivity index (χ2n) is 7.23. The van der Waals surface area contributed by atoms with Crippen molar-refractivity contribution >= 4 is 34.8 Å². The van der Waals surface area contributed by atoms with Crippen molar-refractivity contribution in [2.75, 3.05) is 18.8 Å². The zero-order valence-corrected chi connectivity index (χ0v) is 16.9. The van der Waals surface area contributed by atoms with E-state index in [4.69, 9.17) is 4.74 Å². The van der Waals surface area contributed by atoms with Gasteiger partial charge in [-0.2, -0.15) is 0 Å². The summed E-state index contributed by atoms with van der Waals surface area (Å²) in [4.78, 5) is 49.4. The van der Waals surface area contributed by atoms with Gasteiger partial charge in [-0.3, -0.25) is 24.1 Å². The van der Waals surface area contributed by atoms with E-state index >= 15 is 0 Å². The van der Waals surface area contributed by atoms with Gasteiger partial charge in [0.15, 0.2) is 6.10 Å². The van der Waals surface area contributed by atoms with Gasteiger partial charge in [0.1, 0.15) is 5.82 Å². The van der Waals surface area contributed by atoms with E-state index < -0.39 is 23.4 Å². The van der Waals surface area contributed by atoms with Gasteiger partial charge in [-0.1, -0.05) is 36.7 Å². The summed E-state index contributed by atoms with van der Waals surface area (Å²) >= 11 is 0.931. The van der Waals surface area contributed by atoms with Crippen LogP contribution in [0.2, 0.25) is 0 Å². The fraction of sp³-hybridized carbons (Fsp3) is 0.500. The number of imide groups is 1. The van der Waals surface area contributed by atoms with Gasteiger partial charge in [-0.25, -0.2) is 4.39 Å². The Morgan fingerprint density at radius 1 is 1.24 bits per heavy atom. The highest BCUT2D eigenvalue weighted by molar-refractivity contribution is 8.14. The van der Waals surface area contributed by atoms with E-state index in [2.05, 4.69) is 5.32 Å². The van der Waals surface area contributed by atoms with Crippen LogP contribution < -0.4 is 5.32 Å². The first-order chi connectivity index (χ1) is 13.8. The molecule has 1 heterocycles. The van der Waals surface area contributed by atoms with Gasteiger partial charge in [-0.05, 0) is 37.5 Å². The van der Waals surface area contributed by atoms with Gasteiger partial charge in [0.05, 0.1) is 11.2 Å². The molecule has 1 saturated heterocycles. The number of esters is 1. The van der Waals surface area contributed by atoms with Crippen molar-refractivity contribution in [2.45, 2.75) is 44.1 Å². The molecule has 1 aliphatic heterocycles. The molecule has 2 fully saturated rings. The fourth-order valence-electron chi connectivity index (χ4n) is 3.72. The molecular formula is C20H23FN2O5S. The molecule has 0 spiro atoms. The first kappa shape index (κ1) is 21.3. The number of thioether (sulfide) groups is 1. The molecule has 2 aliphatic rings. The van der Waals surface area contributed by atoms with E-state index in [0.717, 1.165) is 29.5 Å². The van der Waals surface area contributed by atoms with Gasteiger partial charge in [0.2, 0.25) is 5.91 Å². The van der Waals surface area contributed by atoms with Crippen molar-refractivity contribution in [2.24, 2.45) is 0 Å². The number of hydrogen-bond donors (Lipinski definition) is 1. The molecular weight excluding hydrogens is 399 g/mol. The summed E-state index contributed by atoms with van der Waals surface area (Å²) < 4.78 is 18.7. The molecule has 1 N–H and O–H groups in total. The van der Waals surface area contributed by atoms with Gasteiger partial charge >= 0.3 is 5.97 Å². The van der Waals surface area contributed by atoms with Crippen molar-refractivity contribution in [3.8, 4) is 0 Å². The number of hydrogen-bond acceptors (Lipinski definition) is 6. The molecule has 1 atom stereocenters. The molecule has 1 aromatic carbocycles. The van der Waals surface area contributed by atoms with Crippen LogP contribution in [0.25, 0.3) is 0 Å². The maximum atomic E-state index is 13.3. The standard InChI is InChI=1S/C20H23FN2O5S/c1-13(17(25)22-10-11-23-16(24)12-29-19(23)27)28-18(26)20(8-2-3-9-20)14-4-6-15(21)7-5-14/h4-7,13H,2-3,8-12H2,1H3,(H,22,25)/t13-/m0/s1. The van der Waals surface area contributed by atoms with Crippen LogP contribution in [0.3, 0.4) is 0 Å². The van der Waals surface area contributed by atoms with E-state index in [1.807, 2.05) is 0 Å². The number of rotatable bonds is 7. The molecule has 1 aliphatic carbocycles. The van der Waals surface area contributed by atoms with Gasteiger partial charge in [0.25, 0.3) is 11.1 Å². The number of ether oxygens (including phenoxy) is 1. The minimum absolute atomic E-state index is 0.0800. The van der Waals surface area contributed by atoms with E-state index in [1.165, 1.54) is 19.1 Å². The molecule has 0 aromatic heterocycles. The molecule has 1 saturated carbocycles. The number of halogens is 1. The zero-order valence-electron chi connectivity index (χ0n) is 16.1. The highest BCUT2D eigenvalue weighted by Crippen LogP contribution is 2.42. The average Bonchev–Trinajstić information content (AvgIpc) is 3.31.